The minimum absolute atomic E-state index is 0.117. The van der Waals surface area contributed by atoms with Crippen LogP contribution in [0, 0.1) is 6.92 Å². The van der Waals surface area contributed by atoms with Gasteiger partial charge in [0.1, 0.15) is 0 Å². The molecule has 1 aromatic carbocycles. The molecule has 0 saturated carbocycles. The van der Waals surface area contributed by atoms with Gasteiger partial charge in [0.2, 0.25) is 0 Å². The number of H-pyrrole nitrogens is 1. The normalized spacial score (nSPS) is 16.4. The minimum Gasteiger partial charge on any atom is -0.354 e. The molecule has 0 fully saturated rings. The van der Waals surface area contributed by atoms with Crippen LogP contribution in [0.4, 0.5) is 0 Å². The van der Waals surface area contributed by atoms with Gasteiger partial charge in [0.05, 0.1) is 23.2 Å². The second-order valence-corrected chi connectivity index (χ2v) is 7.46. The number of benzene rings is 1. The van der Waals surface area contributed by atoms with E-state index in [1.165, 1.54) is 5.56 Å². The summed E-state index contributed by atoms with van der Waals surface area (Å²) in [4.78, 5) is 16.0. The topological polar surface area (TPSA) is 67.5 Å². The summed E-state index contributed by atoms with van der Waals surface area (Å²) in [5.74, 6) is -0.117. The molecule has 0 saturated heterocycles. The van der Waals surface area contributed by atoms with Gasteiger partial charge in [-0.15, -0.1) is 11.3 Å². The standard InChI is InChI=1S/C20H21N3O3S/c1-12-6-8-13(9-7-12)19-16-17(14-5-4-10-27-14)21-22-18(16)20(24)23(19)11-15(25-2)26-3/h4-10,15,19H,11H2,1-3H3,(H,21,22). The number of carbonyl (C=O) groups excluding carboxylic acids is 1. The van der Waals surface area contributed by atoms with Gasteiger partial charge in [-0.3, -0.25) is 9.89 Å². The maximum Gasteiger partial charge on any atom is 0.275 e. The first-order valence-corrected chi connectivity index (χ1v) is 9.57. The van der Waals surface area contributed by atoms with Gasteiger partial charge < -0.3 is 14.4 Å². The first-order valence-electron chi connectivity index (χ1n) is 8.69. The summed E-state index contributed by atoms with van der Waals surface area (Å²) in [6.07, 6.45) is -0.500. The summed E-state index contributed by atoms with van der Waals surface area (Å²) in [5.41, 5.74) is 4.49. The lowest BCUT2D eigenvalue weighted by Gasteiger charge is -2.29. The van der Waals surface area contributed by atoms with Gasteiger partial charge >= 0.3 is 0 Å². The molecular formula is C20H21N3O3S. The molecule has 7 heteroatoms. The Morgan fingerprint density at radius 1 is 1.22 bits per heavy atom. The number of rotatable bonds is 6. The minimum atomic E-state index is -0.500. The average Bonchev–Trinajstić information content (AvgIpc) is 3.39. The lowest BCUT2D eigenvalue weighted by molar-refractivity contribution is -0.113. The average molecular weight is 383 g/mol. The first kappa shape index (κ1) is 17.9. The number of aromatic nitrogens is 2. The van der Waals surface area contributed by atoms with Crippen LogP contribution in [0.25, 0.3) is 10.6 Å². The van der Waals surface area contributed by atoms with E-state index < -0.39 is 6.29 Å². The molecule has 140 valence electrons. The van der Waals surface area contributed by atoms with E-state index in [9.17, 15) is 4.79 Å². The Labute approximate surface area is 161 Å². The van der Waals surface area contributed by atoms with Crippen molar-refractivity contribution in [2.45, 2.75) is 19.3 Å². The maximum atomic E-state index is 13.1. The quantitative estimate of drug-likeness (QED) is 0.661. The molecule has 1 atom stereocenters. The molecule has 3 heterocycles. The SMILES string of the molecule is COC(CN1C(=O)c2n[nH]c(-c3cccs3)c2C1c1ccc(C)cc1)OC. The number of fused-ring (bicyclic) bond motifs is 1. The van der Waals surface area contributed by atoms with Crippen LogP contribution < -0.4 is 0 Å². The Morgan fingerprint density at radius 2 is 1.96 bits per heavy atom. The molecule has 1 unspecified atom stereocenters. The fourth-order valence-corrected chi connectivity index (χ4v) is 4.22. The molecule has 4 rings (SSSR count). The lowest BCUT2D eigenvalue weighted by atomic mass is 9.97. The molecule has 0 spiro atoms. The van der Waals surface area contributed by atoms with Crippen LogP contribution in [0.1, 0.15) is 33.2 Å². The Morgan fingerprint density at radius 3 is 2.59 bits per heavy atom. The molecule has 2 aromatic heterocycles. The summed E-state index contributed by atoms with van der Waals surface area (Å²) in [6.45, 7) is 2.37. The zero-order valence-electron chi connectivity index (χ0n) is 15.4. The first-order chi connectivity index (χ1) is 13.1. The number of hydrogen-bond donors (Lipinski definition) is 1. The predicted molar refractivity (Wildman–Crippen MR) is 104 cm³/mol. The number of carbonyl (C=O) groups is 1. The molecule has 1 aliphatic heterocycles. The van der Waals surface area contributed by atoms with Crippen molar-refractivity contribution in [1.82, 2.24) is 15.1 Å². The zero-order valence-corrected chi connectivity index (χ0v) is 16.2. The molecule has 0 aliphatic carbocycles. The summed E-state index contributed by atoms with van der Waals surface area (Å²) < 4.78 is 10.7. The van der Waals surface area contributed by atoms with Gasteiger partial charge in [0, 0.05) is 19.8 Å². The van der Waals surface area contributed by atoms with Crippen molar-refractivity contribution in [3.05, 3.63) is 64.2 Å². The summed E-state index contributed by atoms with van der Waals surface area (Å²) in [6, 6.07) is 12.0. The number of nitrogens with zero attached hydrogens (tertiary/aromatic N) is 2. The highest BCUT2D eigenvalue weighted by Crippen LogP contribution is 2.43. The zero-order chi connectivity index (χ0) is 19.0. The molecule has 3 aromatic rings. The van der Waals surface area contributed by atoms with Crippen LogP contribution in [0.15, 0.2) is 41.8 Å². The summed E-state index contributed by atoms with van der Waals surface area (Å²) in [7, 11) is 3.15. The van der Waals surface area contributed by atoms with Gasteiger partial charge in [0.25, 0.3) is 5.91 Å². The van der Waals surface area contributed by atoms with Gasteiger partial charge in [-0.1, -0.05) is 35.9 Å². The van der Waals surface area contributed by atoms with Crippen molar-refractivity contribution in [3.63, 3.8) is 0 Å². The number of aryl methyl sites for hydroxylation is 1. The lowest BCUT2D eigenvalue weighted by Crippen LogP contribution is -2.38. The van der Waals surface area contributed by atoms with Crippen LogP contribution >= 0.6 is 11.3 Å². The predicted octanol–water partition coefficient (Wildman–Crippen LogP) is 3.61. The molecule has 1 N–H and O–H groups in total. The molecule has 1 aliphatic rings. The number of ether oxygens (including phenoxy) is 2. The van der Waals surface area contributed by atoms with Crippen molar-refractivity contribution in [1.29, 1.82) is 0 Å². The monoisotopic (exact) mass is 383 g/mol. The molecule has 1 amide bonds. The van der Waals surface area contributed by atoms with Crippen molar-refractivity contribution in [2.24, 2.45) is 0 Å². The number of aromatic amines is 1. The largest absolute Gasteiger partial charge is 0.354 e. The number of amides is 1. The molecule has 27 heavy (non-hydrogen) atoms. The Balaban J connectivity index is 1.83. The maximum absolute atomic E-state index is 13.1. The number of thiophene rings is 1. The highest BCUT2D eigenvalue weighted by Gasteiger charge is 2.43. The highest BCUT2D eigenvalue weighted by atomic mass is 32.1. The van der Waals surface area contributed by atoms with Gasteiger partial charge in [-0.25, -0.2) is 0 Å². The smallest absolute Gasteiger partial charge is 0.275 e. The van der Waals surface area contributed by atoms with E-state index in [4.69, 9.17) is 9.47 Å². The molecule has 6 nitrogen and oxygen atoms in total. The molecular weight excluding hydrogens is 362 g/mol. The van der Waals surface area contributed by atoms with E-state index in [2.05, 4.69) is 34.5 Å². The van der Waals surface area contributed by atoms with Gasteiger partial charge in [-0.2, -0.15) is 5.10 Å². The van der Waals surface area contributed by atoms with Crippen molar-refractivity contribution < 1.29 is 14.3 Å². The third-order valence-corrected chi connectivity index (χ3v) is 5.77. The van der Waals surface area contributed by atoms with Crippen molar-refractivity contribution in [3.8, 4) is 10.6 Å². The van der Waals surface area contributed by atoms with Crippen molar-refractivity contribution in [2.75, 3.05) is 20.8 Å². The van der Waals surface area contributed by atoms with Crippen LogP contribution in [0.5, 0.6) is 0 Å². The van der Waals surface area contributed by atoms with E-state index >= 15 is 0 Å². The molecule has 0 radical (unpaired) electrons. The number of methoxy groups -OCH3 is 2. The van der Waals surface area contributed by atoms with Crippen molar-refractivity contribution >= 4 is 17.2 Å². The van der Waals surface area contributed by atoms with Crippen LogP contribution in [-0.4, -0.2) is 48.1 Å². The van der Waals surface area contributed by atoms with E-state index in [1.54, 1.807) is 30.5 Å². The van der Waals surface area contributed by atoms with E-state index in [1.807, 2.05) is 24.4 Å². The van der Waals surface area contributed by atoms with Crippen LogP contribution in [0.2, 0.25) is 0 Å². The summed E-state index contributed by atoms with van der Waals surface area (Å²) >= 11 is 1.62. The Bertz CT molecular complexity index is 930. The fraction of sp³-hybridized carbons (Fsp3) is 0.300. The Hall–Kier alpha value is -2.48. The third kappa shape index (κ3) is 3.07. The Kier molecular flexibility index (Phi) is 4.82. The van der Waals surface area contributed by atoms with E-state index in [0.717, 1.165) is 21.7 Å². The number of hydrogen-bond acceptors (Lipinski definition) is 5. The number of nitrogens with one attached hydrogen (secondary N) is 1. The van der Waals surface area contributed by atoms with E-state index in [-0.39, 0.29) is 11.9 Å². The second kappa shape index (κ2) is 7.26. The highest BCUT2D eigenvalue weighted by molar-refractivity contribution is 7.13. The van der Waals surface area contributed by atoms with Gasteiger partial charge in [0.15, 0.2) is 12.0 Å². The fourth-order valence-electron chi connectivity index (χ4n) is 3.49. The summed E-state index contributed by atoms with van der Waals surface area (Å²) in [5, 5.41) is 9.44. The third-order valence-electron chi connectivity index (χ3n) is 4.88. The van der Waals surface area contributed by atoms with Crippen LogP contribution in [0.3, 0.4) is 0 Å². The second-order valence-electron chi connectivity index (χ2n) is 6.51. The van der Waals surface area contributed by atoms with Crippen LogP contribution in [-0.2, 0) is 9.47 Å². The van der Waals surface area contributed by atoms with E-state index in [0.29, 0.717) is 12.2 Å². The molecule has 0 bridgehead atoms. The van der Waals surface area contributed by atoms with Gasteiger partial charge in [-0.05, 0) is 23.9 Å².